The van der Waals surface area contributed by atoms with Gasteiger partial charge >= 0.3 is 0 Å². The van der Waals surface area contributed by atoms with Crippen LogP contribution in [0.2, 0.25) is 0 Å². The van der Waals surface area contributed by atoms with Gasteiger partial charge in [-0.15, -0.1) is 0 Å². The molecule has 18 heavy (non-hydrogen) atoms. The van der Waals surface area contributed by atoms with Crippen LogP contribution in [0.5, 0.6) is 0 Å². The lowest BCUT2D eigenvalue weighted by Crippen LogP contribution is -2.40. The van der Waals surface area contributed by atoms with E-state index >= 15 is 0 Å². The van der Waals surface area contributed by atoms with Gasteiger partial charge in [0.1, 0.15) is 0 Å². The molecule has 2 N–H and O–H groups in total. The highest BCUT2D eigenvalue weighted by Gasteiger charge is 2.23. The number of rotatable bonds is 5. The third-order valence-corrected chi connectivity index (χ3v) is 2.82. The molecule has 2 atom stereocenters. The molecular weight excluding hydrogens is 224 g/mol. The molecule has 0 saturated carbocycles. The topological polar surface area (TPSA) is 76.8 Å². The fraction of sp³-hybridized carbons (Fsp3) is 0.429. The lowest BCUT2D eigenvalue weighted by molar-refractivity contribution is 0.221. The molecule has 0 heterocycles. The Morgan fingerprint density at radius 1 is 1.28 bits per heavy atom. The molecule has 0 bridgehead atoms. The maximum absolute atomic E-state index is 8.85. The first kappa shape index (κ1) is 14.2. The standard InChI is InChI=1S/C14H18N4/c1-11-4-3-5-13(10-11)14(12(2)17)18(8-6-15)9-7-16/h3-5,10,12,14H,8-9,17H2,1-2H3. The van der Waals surface area contributed by atoms with E-state index in [0.29, 0.717) is 0 Å². The first-order chi connectivity index (χ1) is 8.60. The van der Waals surface area contributed by atoms with Crippen LogP contribution in [0.4, 0.5) is 0 Å². The zero-order valence-corrected chi connectivity index (χ0v) is 10.8. The second-order valence-corrected chi connectivity index (χ2v) is 4.44. The van der Waals surface area contributed by atoms with Crippen LogP contribution in [0, 0.1) is 29.6 Å². The average Bonchev–Trinajstić information content (AvgIpc) is 2.29. The molecule has 1 aromatic rings. The van der Waals surface area contributed by atoms with E-state index in [0.717, 1.165) is 11.1 Å². The lowest BCUT2D eigenvalue weighted by Gasteiger charge is -2.31. The van der Waals surface area contributed by atoms with Gasteiger partial charge in [0, 0.05) is 6.04 Å². The molecule has 1 aromatic carbocycles. The molecule has 94 valence electrons. The molecular formula is C14H18N4. The molecule has 0 radical (unpaired) electrons. The maximum atomic E-state index is 8.85. The SMILES string of the molecule is Cc1cccc(C(C(C)N)N(CC#N)CC#N)c1. The molecule has 4 nitrogen and oxygen atoms in total. The van der Waals surface area contributed by atoms with Crippen molar-refractivity contribution in [3.8, 4) is 12.1 Å². The van der Waals surface area contributed by atoms with Gasteiger partial charge in [-0.05, 0) is 19.4 Å². The molecule has 4 heteroatoms. The fourth-order valence-corrected chi connectivity index (χ4v) is 2.14. The Balaban J connectivity index is 3.08. The lowest BCUT2D eigenvalue weighted by atomic mass is 9.97. The maximum Gasteiger partial charge on any atom is 0.0879 e. The summed E-state index contributed by atoms with van der Waals surface area (Å²) < 4.78 is 0. The van der Waals surface area contributed by atoms with E-state index in [1.165, 1.54) is 0 Å². The number of nitriles is 2. The summed E-state index contributed by atoms with van der Waals surface area (Å²) in [5, 5.41) is 17.7. The fourth-order valence-electron chi connectivity index (χ4n) is 2.14. The van der Waals surface area contributed by atoms with E-state index < -0.39 is 0 Å². The van der Waals surface area contributed by atoms with Gasteiger partial charge in [-0.3, -0.25) is 4.90 Å². The smallest absolute Gasteiger partial charge is 0.0879 e. The quantitative estimate of drug-likeness (QED) is 0.798. The summed E-state index contributed by atoms with van der Waals surface area (Å²) >= 11 is 0. The van der Waals surface area contributed by atoms with Crippen LogP contribution in [-0.2, 0) is 0 Å². The van der Waals surface area contributed by atoms with Crippen molar-refractivity contribution in [2.75, 3.05) is 13.1 Å². The van der Waals surface area contributed by atoms with Gasteiger partial charge in [0.2, 0.25) is 0 Å². The summed E-state index contributed by atoms with van der Waals surface area (Å²) in [6.07, 6.45) is 0. The molecule has 0 amide bonds. The number of hydrogen-bond acceptors (Lipinski definition) is 4. The van der Waals surface area contributed by atoms with E-state index in [4.69, 9.17) is 16.3 Å². The zero-order chi connectivity index (χ0) is 13.5. The van der Waals surface area contributed by atoms with Crippen LogP contribution in [0.15, 0.2) is 24.3 Å². The zero-order valence-electron chi connectivity index (χ0n) is 10.8. The van der Waals surface area contributed by atoms with E-state index in [9.17, 15) is 0 Å². The molecule has 0 fully saturated rings. The van der Waals surface area contributed by atoms with Crippen molar-refractivity contribution in [3.63, 3.8) is 0 Å². The van der Waals surface area contributed by atoms with Crippen molar-refractivity contribution in [2.45, 2.75) is 25.9 Å². The summed E-state index contributed by atoms with van der Waals surface area (Å²) in [5.41, 5.74) is 8.22. The van der Waals surface area contributed by atoms with Gasteiger partial charge in [-0.2, -0.15) is 10.5 Å². The van der Waals surface area contributed by atoms with E-state index in [-0.39, 0.29) is 25.2 Å². The summed E-state index contributed by atoms with van der Waals surface area (Å²) in [4.78, 5) is 1.80. The highest BCUT2D eigenvalue weighted by molar-refractivity contribution is 5.26. The normalized spacial score (nSPS) is 13.7. The number of nitrogens with zero attached hydrogens (tertiary/aromatic N) is 3. The van der Waals surface area contributed by atoms with Crippen molar-refractivity contribution in [1.82, 2.24) is 4.90 Å². The van der Waals surface area contributed by atoms with Crippen molar-refractivity contribution in [1.29, 1.82) is 10.5 Å². The predicted molar refractivity (Wildman–Crippen MR) is 70.4 cm³/mol. The highest BCUT2D eigenvalue weighted by atomic mass is 15.2. The van der Waals surface area contributed by atoms with Crippen molar-refractivity contribution >= 4 is 0 Å². The van der Waals surface area contributed by atoms with Crippen LogP contribution in [0.1, 0.15) is 24.1 Å². The first-order valence-electron chi connectivity index (χ1n) is 5.90. The second kappa shape index (κ2) is 6.76. The Hall–Kier alpha value is -1.88. The van der Waals surface area contributed by atoms with Gasteiger partial charge in [-0.1, -0.05) is 29.8 Å². The Kier molecular flexibility index (Phi) is 5.32. The summed E-state index contributed by atoms with van der Waals surface area (Å²) in [5.74, 6) is 0. The summed E-state index contributed by atoms with van der Waals surface area (Å²) in [7, 11) is 0. The molecule has 0 aromatic heterocycles. The van der Waals surface area contributed by atoms with Crippen LogP contribution < -0.4 is 5.73 Å². The minimum atomic E-state index is -0.145. The summed E-state index contributed by atoms with van der Waals surface area (Å²) in [6.45, 7) is 4.32. The Bertz CT molecular complexity index is 451. The predicted octanol–water partition coefficient (Wildman–Crippen LogP) is 1.73. The molecule has 0 aliphatic rings. The first-order valence-corrected chi connectivity index (χ1v) is 5.90. The Morgan fingerprint density at radius 3 is 2.33 bits per heavy atom. The Morgan fingerprint density at radius 2 is 1.89 bits per heavy atom. The third kappa shape index (κ3) is 3.56. The van der Waals surface area contributed by atoms with Gasteiger partial charge in [0.25, 0.3) is 0 Å². The molecule has 2 unspecified atom stereocenters. The molecule has 1 rings (SSSR count). The largest absolute Gasteiger partial charge is 0.326 e. The van der Waals surface area contributed by atoms with E-state index in [2.05, 4.69) is 18.2 Å². The van der Waals surface area contributed by atoms with E-state index in [1.807, 2.05) is 32.0 Å². The van der Waals surface area contributed by atoms with Crippen LogP contribution in [-0.4, -0.2) is 24.0 Å². The molecule has 0 saturated heterocycles. The van der Waals surface area contributed by atoms with Gasteiger partial charge < -0.3 is 5.73 Å². The Labute approximate surface area is 108 Å². The van der Waals surface area contributed by atoms with E-state index in [1.54, 1.807) is 4.90 Å². The highest BCUT2D eigenvalue weighted by Crippen LogP contribution is 2.23. The van der Waals surface area contributed by atoms with Crippen molar-refractivity contribution in [2.24, 2.45) is 5.73 Å². The van der Waals surface area contributed by atoms with Crippen molar-refractivity contribution in [3.05, 3.63) is 35.4 Å². The van der Waals surface area contributed by atoms with Crippen LogP contribution >= 0.6 is 0 Å². The monoisotopic (exact) mass is 242 g/mol. The molecule has 0 spiro atoms. The van der Waals surface area contributed by atoms with Gasteiger partial charge in [0.05, 0.1) is 31.3 Å². The summed E-state index contributed by atoms with van der Waals surface area (Å²) in [6, 6.07) is 12.0. The van der Waals surface area contributed by atoms with Crippen LogP contribution in [0.3, 0.4) is 0 Å². The molecule has 0 aliphatic heterocycles. The minimum absolute atomic E-state index is 0.107. The van der Waals surface area contributed by atoms with Gasteiger partial charge in [-0.25, -0.2) is 0 Å². The minimum Gasteiger partial charge on any atom is -0.326 e. The number of aryl methyl sites for hydroxylation is 1. The van der Waals surface area contributed by atoms with Crippen molar-refractivity contribution < 1.29 is 0 Å². The number of benzene rings is 1. The second-order valence-electron chi connectivity index (χ2n) is 4.44. The number of hydrogen-bond donors (Lipinski definition) is 1. The molecule has 0 aliphatic carbocycles. The average molecular weight is 242 g/mol. The number of nitrogens with two attached hydrogens (primary N) is 1. The van der Waals surface area contributed by atoms with Crippen LogP contribution in [0.25, 0.3) is 0 Å². The van der Waals surface area contributed by atoms with Gasteiger partial charge in [0.15, 0.2) is 0 Å². The third-order valence-electron chi connectivity index (χ3n) is 2.82.